The molecule has 2 aromatic rings. The highest BCUT2D eigenvalue weighted by atomic mass is 35.5. The molecule has 0 bridgehead atoms. The number of nitrogens with zero attached hydrogens (tertiary/aromatic N) is 2. The van der Waals surface area contributed by atoms with E-state index in [9.17, 15) is 0 Å². The number of hydrogen-bond acceptors (Lipinski definition) is 2. The average molecular weight is 234 g/mol. The van der Waals surface area contributed by atoms with Crippen LogP contribution in [0.2, 0.25) is 5.02 Å². The molecule has 1 aromatic heterocycles. The Labute approximate surface area is 99.1 Å². The molecule has 1 aliphatic rings. The van der Waals surface area contributed by atoms with Crippen LogP contribution in [-0.2, 0) is 6.42 Å². The maximum atomic E-state index is 6.13. The van der Waals surface area contributed by atoms with Gasteiger partial charge in [0.25, 0.3) is 0 Å². The normalized spacial score (nSPS) is 18.9. The van der Waals surface area contributed by atoms with Crippen LogP contribution in [0.25, 0.3) is 0 Å². The lowest BCUT2D eigenvalue weighted by molar-refractivity contribution is 0.510. The summed E-state index contributed by atoms with van der Waals surface area (Å²) in [7, 11) is 0. The van der Waals surface area contributed by atoms with Crippen LogP contribution < -0.4 is 5.32 Å². The van der Waals surface area contributed by atoms with Crippen molar-refractivity contribution < 1.29 is 0 Å². The van der Waals surface area contributed by atoms with E-state index in [-0.39, 0.29) is 0 Å². The van der Waals surface area contributed by atoms with Crippen molar-refractivity contribution in [3.63, 3.8) is 0 Å². The van der Waals surface area contributed by atoms with Crippen molar-refractivity contribution >= 4 is 17.3 Å². The lowest BCUT2D eigenvalue weighted by Crippen LogP contribution is -2.25. The van der Waals surface area contributed by atoms with E-state index in [1.807, 2.05) is 30.9 Å². The predicted octanol–water partition coefficient (Wildman–Crippen LogP) is 2.75. The Morgan fingerprint density at radius 3 is 3.19 bits per heavy atom. The Morgan fingerprint density at radius 2 is 2.38 bits per heavy atom. The van der Waals surface area contributed by atoms with Gasteiger partial charge in [-0.2, -0.15) is 0 Å². The largest absolute Gasteiger partial charge is 0.382 e. The van der Waals surface area contributed by atoms with E-state index >= 15 is 0 Å². The summed E-state index contributed by atoms with van der Waals surface area (Å²) in [6.45, 7) is 0.896. The molecular formula is C12H12ClN3. The molecule has 4 heteroatoms. The van der Waals surface area contributed by atoms with Crippen molar-refractivity contribution in [2.75, 3.05) is 11.9 Å². The van der Waals surface area contributed by atoms with Crippen LogP contribution in [-0.4, -0.2) is 16.1 Å². The van der Waals surface area contributed by atoms with Crippen LogP contribution in [0.5, 0.6) is 0 Å². The number of anilines is 1. The molecular weight excluding hydrogens is 222 g/mol. The van der Waals surface area contributed by atoms with Gasteiger partial charge in [-0.3, -0.25) is 0 Å². The standard InChI is InChI=1S/C12H12ClN3/c13-11-3-1-2-9-6-10(7-15-12(9)11)16-5-4-14-8-16/h1-5,8,10,15H,6-7H2/t10-/m0/s1. The third kappa shape index (κ3) is 1.57. The van der Waals surface area contributed by atoms with E-state index in [4.69, 9.17) is 11.6 Å². The summed E-state index contributed by atoms with van der Waals surface area (Å²) in [5.41, 5.74) is 2.36. The van der Waals surface area contributed by atoms with E-state index in [0.29, 0.717) is 6.04 Å². The molecule has 0 radical (unpaired) electrons. The molecule has 1 aliphatic heterocycles. The highest BCUT2D eigenvalue weighted by Gasteiger charge is 2.20. The van der Waals surface area contributed by atoms with Crippen molar-refractivity contribution in [2.45, 2.75) is 12.5 Å². The zero-order valence-electron chi connectivity index (χ0n) is 8.73. The number of aromatic nitrogens is 2. The molecule has 0 aliphatic carbocycles. The summed E-state index contributed by atoms with van der Waals surface area (Å²) in [5.74, 6) is 0. The number of para-hydroxylation sites is 1. The first-order valence-electron chi connectivity index (χ1n) is 5.33. The summed E-state index contributed by atoms with van der Waals surface area (Å²) >= 11 is 6.13. The van der Waals surface area contributed by atoms with E-state index in [1.54, 1.807) is 0 Å². The Kier molecular flexibility index (Phi) is 2.33. The van der Waals surface area contributed by atoms with Gasteiger partial charge in [-0.15, -0.1) is 0 Å². The number of imidazole rings is 1. The van der Waals surface area contributed by atoms with Crippen molar-refractivity contribution in [1.29, 1.82) is 0 Å². The molecule has 0 amide bonds. The maximum Gasteiger partial charge on any atom is 0.0949 e. The minimum Gasteiger partial charge on any atom is -0.382 e. The van der Waals surface area contributed by atoms with Gasteiger partial charge in [0, 0.05) is 18.9 Å². The quantitative estimate of drug-likeness (QED) is 0.821. The van der Waals surface area contributed by atoms with Crippen LogP contribution in [0, 0.1) is 0 Å². The molecule has 0 saturated heterocycles. The van der Waals surface area contributed by atoms with Gasteiger partial charge in [0.2, 0.25) is 0 Å². The molecule has 82 valence electrons. The molecule has 1 aromatic carbocycles. The monoisotopic (exact) mass is 233 g/mol. The van der Waals surface area contributed by atoms with Crippen LogP contribution in [0.3, 0.4) is 0 Å². The Hall–Kier alpha value is -1.48. The van der Waals surface area contributed by atoms with Gasteiger partial charge in [0.1, 0.15) is 0 Å². The number of benzene rings is 1. The zero-order valence-corrected chi connectivity index (χ0v) is 9.48. The van der Waals surface area contributed by atoms with Crippen LogP contribution in [0.1, 0.15) is 11.6 Å². The van der Waals surface area contributed by atoms with Crippen LogP contribution in [0.15, 0.2) is 36.9 Å². The fraction of sp³-hybridized carbons (Fsp3) is 0.250. The van der Waals surface area contributed by atoms with Gasteiger partial charge in [-0.25, -0.2) is 4.98 Å². The SMILES string of the molecule is Clc1cccc2c1NC[C@@H](n1ccnc1)C2. The first-order chi connectivity index (χ1) is 7.84. The number of halogens is 1. The fourth-order valence-electron chi connectivity index (χ4n) is 2.18. The van der Waals surface area contributed by atoms with Gasteiger partial charge in [-0.05, 0) is 18.1 Å². The zero-order chi connectivity index (χ0) is 11.0. The van der Waals surface area contributed by atoms with Crippen molar-refractivity contribution in [2.24, 2.45) is 0 Å². The molecule has 3 nitrogen and oxygen atoms in total. The molecule has 0 spiro atoms. The van der Waals surface area contributed by atoms with Gasteiger partial charge in [0.05, 0.1) is 23.1 Å². The third-order valence-electron chi connectivity index (χ3n) is 3.02. The summed E-state index contributed by atoms with van der Waals surface area (Å²) < 4.78 is 2.14. The number of hydrogen-bond donors (Lipinski definition) is 1. The summed E-state index contributed by atoms with van der Waals surface area (Å²) in [5, 5.41) is 4.20. The van der Waals surface area contributed by atoms with E-state index in [0.717, 1.165) is 23.7 Å². The molecule has 1 atom stereocenters. The van der Waals surface area contributed by atoms with Crippen molar-refractivity contribution in [3.05, 3.63) is 47.5 Å². The summed E-state index contributed by atoms with van der Waals surface area (Å²) in [6, 6.07) is 6.47. The first kappa shape index (κ1) is 9.73. The topological polar surface area (TPSA) is 29.9 Å². The third-order valence-corrected chi connectivity index (χ3v) is 3.33. The summed E-state index contributed by atoms with van der Waals surface area (Å²) in [4.78, 5) is 4.08. The first-order valence-corrected chi connectivity index (χ1v) is 5.71. The smallest absolute Gasteiger partial charge is 0.0949 e. The van der Waals surface area contributed by atoms with Crippen molar-refractivity contribution in [3.8, 4) is 0 Å². The fourth-order valence-corrected chi connectivity index (χ4v) is 2.44. The van der Waals surface area contributed by atoms with Gasteiger partial charge >= 0.3 is 0 Å². The second kappa shape index (κ2) is 3.83. The van der Waals surface area contributed by atoms with Gasteiger partial charge in [-0.1, -0.05) is 23.7 Å². The Morgan fingerprint density at radius 1 is 1.44 bits per heavy atom. The average Bonchev–Trinajstić information content (AvgIpc) is 2.82. The van der Waals surface area contributed by atoms with Gasteiger partial charge in [0.15, 0.2) is 0 Å². The minimum atomic E-state index is 0.425. The molecule has 0 fully saturated rings. The van der Waals surface area contributed by atoms with Gasteiger partial charge < -0.3 is 9.88 Å². The maximum absolute atomic E-state index is 6.13. The Balaban J connectivity index is 1.92. The molecule has 2 heterocycles. The van der Waals surface area contributed by atoms with E-state index in [1.165, 1.54) is 5.56 Å². The van der Waals surface area contributed by atoms with Crippen LogP contribution in [0.4, 0.5) is 5.69 Å². The number of nitrogens with one attached hydrogen (secondary N) is 1. The lowest BCUT2D eigenvalue weighted by Gasteiger charge is -2.27. The van der Waals surface area contributed by atoms with Crippen LogP contribution >= 0.6 is 11.6 Å². The highest BCUT2D eigenvalue weighted by Crippen LogP contribution is 2.32. The second-order valence-electron chi connectivity index (χ2n) is 4.02. The second-order valence-corrected chi connectivity index (χ2v) is 4.43. The minimum absolute atomic E-state index is 0.425. The molecule has 0 saturated carbocycles. The Bertz CT molecular complexity index is 493. The van der Waals surface area contributed by atoms with Crippen molar-refractivity contribution in [1.82, 2.24) is 9.55 Å². The van der Waals surface area contributed by atoms with E-state index < -0.39 is 0 Å². The predicted molar refractivity (Wildman–Crippen MR) is 64.9 cm³/mol. The van der Waals surface area contributed by atoms with E-state index in [2.05, 4.69) is 20.9 Å². The number of rotatable bonds is 1. The molecule has 3 rings (SSSR count). The number of fused-ring (bicyclic) bond motifs is 1. The lowest BCUT2D eigenvalue weighted by atomic mass is 9.99. The summed E-state index contributed by atoms with van der Waals surface area (Å²) in [6.07, 6.45) is 6.68. The molecule has 0 unspecified atom stereocenters. The molecule has 16 heavy (non-hydrogen) atoms. The highest BCUT2D eigenvalue weighted by molar-refractivity contribution is 6.33. The molecule has 1 N–H and O–H groups in total.